The second-order valence-electron chi connectivity index (χ2n) is 3.12. The van der Waals surface area contributed by atoms with E-state index >= 15 is 0 Å². The summed E-state index contributed by atoms with van der Waals surface area (Å²) in [5.74, 6) is -0.757. The number of carboxylic acids is 1. The van der Waals surface area contributed by atoms with Crippen molar-refractivity contribution in [3.05, 3.63) is 18.2 Å². The molecule has 88 valence electrons. The fraction of sp³-hybridized carbons (Fsp3) is 0.444. The topological polar surface area (TPSA) is 93.5 Å². The summed E-state index contributed by atoms with van der Waals surface area (Å²) in [6, 6.07) is 0. The molecule has 0 fully saturated rings. The lowest BCUT2D eigenvalue weighted by atomic mass is 10.5. The van der Waals surface area contributed by atoms with Crippen molar-refractivity contribution in [3.8, 4) is 0 Å². The van der Waals surface area contributed by atoms with Gasteiger partial charge in [-0.25, -0.2) is 9.78 Å². The van der Waals surface area contributed by atoms with Crippen LogP contribution in [0, 0.1) is 0 Å². The minimum atomic E-state index is -1.10. The van der Waals surface area contributed by atoms with Gasteiger partial charge in [-0.1, -0.05) is 0 Å². The van der Waals surface area contributed by atoms with Crippen LogP contribution in [0.1, 0.15) is 5.82 Å². The zero-order chi connectivity index (χ0) is 12.0. The number of carbonyl (C=O) groups is 2. The van der Waals surface area contributed by atoms with Gasteiger partial charge < -0.3 is 19.7 Å². The minimum Gasteiger partial charge on any atom is -0.480 e. The maximum atomic E-state index is 11.2. The molecular weight excluding hydrogens is 214 g/mol. The number of carbonyl (C=O) groups excluding carboxylic acids is 1. The van der Waals surface area contributed by atoms with Crippen LogP contribution < -0.4 is 5.32 Å². The van der Waals surface area contributed by atoms with E-state index in [1.807, 2.05) is 7.05 Å². The Bertz CT molecular complexity index is 375. The van der Waals surface area contributed by atoms with E-state index in [2.05, 4.69) is 15.0 Å². The number of hydrogen-bond acceptors (Lipinski definition) is 4. The standard InChI is InChI=1S/C9H13N3O4/c1-12-3-2-10-7(12)4-11-8(13)5-16-6-9(14)15/h2-3H,4-6H2,1H3,(H,11,13)(H,14,15). The van der Waals surface area contributed by atoms with E-state index in [9.17, 15) is 9.59 Å². The van der Waals surface area contributed by atoms with Crippen molar-refractivity contribution >= 4 is 11.9 Å². The number of rotatable bonds is 6. The summed E-state index contributed by atoms with van der Waals surface area (Å²) in [4.78, 5) is 25.3. The van der Waals surface area contributed by atoms with Crippen LogP contribution in [0.2, 0.25) is 0 Å². The molecule has 0 unspecified atom stereocenters. The van der Waals surface area contributed by atoms with E-state index < -0.39 is 12.6 Å². The lowest BCUT2D eigenvalue weighted by Gasteiger charge is -2.05. The highest BCUT2D eigenvalue weighted by Gasteiger charge is 2.05. The molecule has 0 radical (unpaired) electrons. The van der Waals surface area contributed by atoms with Gasteiger partial charge in [-0.3, -0.25) is 4.79 Å². The molecule has 0 saturated heterocycles. The van der Waals surface area contributed by atoms with Gasteiger partial charge in [0, 0.05) is 19.4 Å². The Labute approximate surface area is 92.0 Å². The first-order chi connectivity index (χ1) is 7.59. The summed E-state index contributed by atoms with van der Waals surface area (Å²) in [6.45, 7) is -0.453. The molecule has 1 aromatic heterocycles. The Morgan fingerprint density at radius 2 is 2.31 bits per heavy atom. The molecule has 1 amide bonds. The first kappa shape index (κ1) is 12.2. The van der Waals surface area contributed by atoms with E-state index in [1.54, 1.807) is 17.0 Å². The number of carboxylic acid groups (broad SMARTS) is 1. The lowest BCUT2D eigenvalue weighted by Crippen LogP contribution is -2.29. The fourth-order valence-corrected chi connectivity index (χ4v) is 1.03. The largest absolute Gasteiger partial charge is 0.480 e. The quantitative estimate of drug-likeness (QED) is 0.659. The number of hydrogen-bond donors (Lipinski definition) is 2. The maximum Gasteiger partial charge on any atom is 0.329 e. The SMILES string of the molecule is Cn1ccnc1CNC(=O)COCC(=O)O. The third-order valence-corrected chi connectivity index (χ3v) is 1.82. The molecule has 0 bridgehead atoms. The molecule has 7 heteroatoms. The Hall–Kier alpha value is -1.89. The molecule has 0 aromatic carbocycles. The first-order valence-electron chi connectivity index (χ1n) is 4.62. The van der Waals surface area contributed by atoms with Crippen LogP contribution in [0.5, 0.6) is 0 Å². The molecule has 2 N–H and O–H groups in total. The van der Waals surface area contributed by atoms with Crippen LogP contribution in [0.4, 0.5) is 0 Å². The molecule has 7 nitrogen and oxygen atoms in total. The molecule has 1 aromatic rings. The summed E-state index contributed by atoms with van der Waals surface area (Å²) < 4.78 is 6.39. The van der Waals surface area contributed by atoms with Crippen LogP contribution in [-0.4, -0.2) is 39.7 Å². The minimum absolute atomic E-state index is 0.267. The highest BCUT2D eigenvalue weighted by atomic mass is 16.5. The van der Waals surface area contributed by atoms with E-state index in [-0.39, 0.29) is 12.5 Å². The number of aryl methyl sites for hydroxylation is 1. The zero-order valence-corrected chi connectivity index (χ0v) is 8.84. The van der Waals surface area contributed by atoms with Gasteiger partial charge in [-0.05, 0) is 0 Å². The summed E-state index contributed by atoms with van der Waals surface area (Å²) in [6.07, 6.45) is 3.39. The number of nitrogens with one attached hydrogen (secondary N) is 1. The van der Waals surface area contributed by atoms with Crippen molar-refractivity contribution in [2.75, 3.05) is 13.2 Å². The van der Waals surface area contributed by atoms with E-state index in [1.165, 1.54) is 0 Å². The number of aliphatic carboxylic acids is 1. The van der Waals surface area contributed by atoms with E-state index in [0.717, 1.165) is 0 Å². The van der Waals surface area contributed by atoms with Crippen molar-refractivity contribution in [1.29, 1.82) is 0 Å². The molecule has 0 aliphatic rings. The smallest absolute Gasteiger partial charge is 0.329 e. The molecule has 0 aliphatic heterocycles. The first-order valence-corrected chi connectivity index (χ1v) is 4.62. The van der Waals surface area contributed by atoms with E-state index in [4.69, 9.17) is 5.11 Å². The summed E-state index contributed by atoms with van der Waals surface area (Å²) in [5, 5.41) is 10.8. The van der Waals surface area contributed by atoms with Crippen LogP contribution in [0.3, 0.4) is 0 Å². The number of aromatic nitrogens is 2. The predicted molar refractivity (Wildman–Crippen MR) is 53.5 cm³/mol. The van der Waals surface area contributed by atoms with E-state index in [0.29, 0.717) is 12.4 Å². The molecule has 0 atom stereocenters. The Morgan fingerprint density at radius 3 is 2.88 bits per heavy atom. The molecular formula is C9H13N3O4. The average Bonchev–Trinajstić information content (AvgIpc) is 2.60. The highest BCUT2D eigenvalue weighted by Crippen LogP contribution is 1.92. The third-order valence-electron chi connectivity index (χ3n) is 1.82. The van der Waals surface area contributed by atoms with Gasteiger partial charge in [0.25, 0.3) is 0 Å². The normalized spacial score (nSPS) is 10.1. The Morgan fingerprint density at radius 1 is 1.56 bits per heavy atom. The monoisotopic (exact) mass is 227 g/mol. The average molecular weight is 227 g/mol. The second kappa shape index (κ2) is 5.86. The molecule has 1 rings (SSSR count). The summed E-state index contributed by atoms with van der Waals surface area (Å²) in [5.41, 5.74) is 0. The molecule has 0 aliphatic carbocycles. The number of nitrogens with zero attached hydrogens (tertiary/aromatic N) is 2. The number of amides is 1. The number of imidazole rings is 1. The molecule has 0 spiro atoms. The van der Waals surface area contributed by atoms with Gasteiger partial charge in [-0.2, -0.15) is 0 Å². The molecule has 1 heterocycles. The third kappa shape index (κ3) is 4.09. The van der Waals surface area contributed by atoms with Crippen LogP contribution >= 0.6 is 0 Å². The summed E-state index contributed by atoms with van der Waals surface area (Å²) >= 11 is 0. The van der Waals surface area contributed by atoms with Crippen LogP contribution in [0.15, 0.2) is 12.4 Å². The highest BCUT2D eigenvalue weighted by molar-refractivity contribution is 5.77. The van der Waals surface area contributed by atoms with Gasteiger partial charge in [0.1, 0.15) is 19.0 Å². The van der Waals surface area contributed by atoms with Crippen molar-refractivity contribution in [2.24, 2.45) is 7.05 Å². The predicted octanol–water partition coefficient (Wildman–Crippen LogP) is -0.862. The van der Waals surface area contributed by atoms with Crippen LogP contribution in [0.25, 0.3) is 0 Å². The summed E-state index contributed by atoms with van der Waals surface area (Å²) in [7, 11) is 1.81. The maximum absolute atomic E-state index is 11.2. The van der Waals surface area contributed by atoms with Crippen molar-refractivity contribution in [2.45, 2.75) is 6.54 Å². The second-order valence-corrected chi connectivity index (χ2v) is 3.12. The van der Waals surface area contributed by atoms with Gasteiger partial charge >= 0.3 is 5.97 Å². The van der Waals surface area contributed by atoms with Gasteiger partial charge in [-0.15, -0.1) is 0 Å². The fourth-order valence-electron chi connectivity index (χ4n) is 1.03. The van der Waals surface area contributed by atoms with Gasteiger partial charge in [0.15, 0.2) is 0 Å². The van der Waals surface area contributed by atoms with Gasteiger partial charge in [0.05, 0.1) is 6.54 Å². The Balaban J connectivity index is 2.20. The lowest BCUT2D eigenvalue weighted by molar-refractivity contribution is -0.143. The van der Waals surface area contributed by atoms with Crippen molar-refractivity contribution < 1.29 is 19.4 Å². The van der Waals surface area contributed by atoms with Crippen LogP contribution in [-0.2, 0) is 27.9 Å². The van der Waals surface area contributed by atoms with Crippen molar-refractivity contribution in [1.82, 2.24) is 14.9 Å². The number of ether oxygens (including phenoxy) is 1. The van der Waals surface area contributed by atoms with Crippen molar-refractivity contribution in [3.63, 3.8) is 0 Å². The molecule has 16 heavy (non-hydrogen) atoms. The molecule has 0 saturated carbocycles. The van der Waals surface area contributed by atoms with Gasteiger partial charge in [0.2, 0.25) is 5.91 Å². The Kier molecular flexibility index (Phi) is 4.46. The zero-order valence-electron chi connectivity index (χ0n) is 8.84.